The maximum absolute atomic E-state index is 12.4. The number of amides is 1. The first-order valence-corrected chi connectivity index (χ1v) is 9.43. The second-order valence-electron chi connectivity index (χ2n) is 6.31. The summed E-state index contributed by atoms with van der Waals surface area (Å²) in [6, 6.07) is 8.01. The first-order chi connectivity index (χ1) is 12.3. The molecule has 6 heteroatoms. The van der Waals surface area contributed by atoms with Gasteiger partial charge in [0.2, 0.25) is 5.91 Å². The van der Waals surface area contributed by atoms with Gasteiger partial charge in [-0.2, -0.15) is 0 Å². The molecule has 0 saturated carbocycles. The second kappa shape index (κ2) is 7.19. The summed E-state index contributed by atoms with van der Waals surface area (Å²) >= 11 is 1.73. The molecule has 1 N–H and O–H groups in total. The fraction of sp³-hybridized carbons (Fsp3) is 0.316. The molecular formula is C19H20N4OS. The highest BCUT2D eigenvalue weighted by Gasteiger charge is 2.25. The van der Waals surface area contributed by atoms with Crippen LogP contribution in [0.25, 0.3) is 10.2 Å². The molecule has 0 spiro atoms. The fourth-order valence-corrected chi connectivity index (χ4v) is 4.22. The van der Waals surface area contributed by atoms with Crippen LogP contribution < -0.4 is 10.2 Å². The molecule has 1 amide bonds. The molecule has 1 fully saturated rings. The van der Waals surface area contributed by atoms with Crippen molar-refractivity contribution >= 4 is 33.1 Å². The van der Waals surface area contributed by atoms with Gasteiger partial charge in [0, 0.05) is 44.1 Å². The Balaban J connectivity index is 1.35. The lowest BCUT2D eigenvalue weighted by atomic mass is 9.95. The molecule has 25 heavy (non-hydrogen) atoms. The Bertz CT molecular complexity index is 856. The molecule has 0 aromatic carbocycles. The summed E-state index contributed by atoms with van der Waals surface area (Å²) in [5.41, 5.74) is 3.33. The highest BCUT2D eigenvalue weighted by molar-refractivity contribution is 7.17. The molecule has 0 unspecified atom stereocenters. The van der Waals surface area contributed by atoms with Crippen LogP contribution in [0, 0.1) is 5.92 Å². The van der Waals surface area contributed by atoms with Gasteiger partial charge in [-0.3, -0.25) is 14.8 Å². The average Bonchev–Trinajstić information content (AvgIpc) is 3.16. The smallest absolute Gasteiger partial charge is 0.223 e. The van der Waals surface area contributed by atoms with Gasteiger partial charge in [-0.05, 0) is 42.0 Å². The molecular weight excluding hydrogens is 332 g/mol. The van der Waals surface area contributed by atoms with Crippen LogP contribution in [0.4, 0.5) is 5.69 Å². The standard InChI is InChI=1S/C19H20N4OS/c24-19(22-13-14-2-1-7-20-12-14)15-4-9-23(10-5-15)17-3-8-21-16-6-11-25-18(16)17/h1-3,6-8,11-12,15H,4-5,9-10,13H2,(H,22,24). The summed E-state index contributed by atoms with van der Waals surface area (Å²) in [6.07, 6.45) is 7.17. The number of piperidine rings is 1. The zero-order valence-corrected chi connectivity index (χ0v) is 14.7. The fourth-order valence-electron chi connectivity index (χ4n) is 3.33. The number of pyridine rings is 2. The van der Waals surface area contributed by atoms with Crippen molar-refractivity contribution in [3.63, 3.8) is 0 Å². The van der Waals surface area contributed by atoms with Crippen molar-refractivity contribution in [2.45, 2.75) is 19.4 Å². The van der Waals surface area contributed by atoms with E-state index < -0.39 is 0 Å². The third kappa shape index (κ3) is 3.49. The number of rotatable bonds is 4. The summed E-state index contributed by atoms with van der Waals surface area (Å²) in [5, 5.41) is 5.13. The number of carbonyl (C=O) groups excluding carboxylic acids is 1. The molecule has 1 aliphatic rings. The van der Waals surface area contributed by atoms with E-state index in [2.05, 4.69) is 37.7 Å². The highest BCUT2D eigenvalue weighted by Crippen LogP contribution is 2.32. The average molecular weight is 352 g/mol. The zero-order valence-electron chi connectivity index (χ0n) is 13.9. The maximum Gasteiger partial charge on any atom is 0.223 e. The largest absolute Gasteiger partial charge is 0.370 e. The summed E-state index contributed by atoms with van der Waals surface area (Å²) in [4.78, 5) is 23.3. The van der Waals surface area contributed by atoms with Crippen LogP contribution in [0.2, 0.25) is 0 Å². The van der Waals surface area contributed by atoms with E-state index in [0.29, 0.717) is 6.54 Å². The zero-order chi connectivity index (χ0) is 17.1. The number of aromatic nitrogens is 2. The van der Waals surface area contributed by atoms with E-state index in [1.165, 1.54) is 10.4 Å². The number of anilines is 1. The Morgan fingerprint density at radius 2 is 2.12 bits per heavy atom. The number of hydrogen-bond donors (Lipinski definition) is 1. The predicted molar refractivity (Wildman–Crippen MR) is 101 cm³/mol. The van der Waals surface area contributed by atoms with Gasteiger partial charge in [0.25, 0.3) is 0 Å². The first-order valence-electron chi connectivity index (χ1n) is 8.55. The molecule has 4 heterocycles. The molecule has 4 rings (SSSR count). The minimum absolute atomic E-state index is 0.0913. The van der Waals surface area contributed by atoms with E-state index in [9.17, 15) is 4.79 Å². The van der Waals surface area contributed by atoms with Gasteiger partial charge in [0.05, 0.1) is 15.9 Å². The Labute approximate surface area is 150 Å². The minimum Gasteiger partial charge on any atom is -0.370 e. The van der Waals surface area contributed by atoms with Gasteiger partial charge in [0.1, 0.15) is 0 Å². The van der Waals surface area contributed by atoms with Gasteiger partial charge >= 0.3 is 0 Å². The normalized spacial score (nSPS) is 15.4. The Morgan fingerprint density at radius 1 is 1.24 bits per heavy atom. The molecule has 3 aromatic rings. The SMILES string of the molecule is O=C(NCc1cccnc1)C1CCN(c2ccnc3ccsc23)CC1. The third-order valence-electron chi connectivity index (χ3n) is 4.72. The van der Waals surface area contributed by atoms with Gasteiger partial charge < -0.3 is 10.2 Å². The van der Waals surface area contributed by atoms with E-state index >= 15 is 0 Å². The number of carbonyl (C=O) groups is 1. The van der Waals surface area contributed by atoms with Crippen molar-refractivity contribution in [2.75, 3.05) is 18.0 Å². The lowest BCUT2D eigenvalue weighted by Gasteiger charge is -2.33. The number of hydrogen-bond acceptors (Lipinski definition) is 5. The van der Waals surface area contributed by atoms with Gasteiger partial charge in [-0.15, -0.1) is 11.3 Å². The van der Waals surface area contributed by atoms with Crippen LogP contribution in [-0.2, 0) is 11.3 Å². The van der Waals surface area contributed by atoms with Crippen LogP contribution in [0.3, 0.4) is 0 Å². The molecule has 5 nitrogen and oxygen atoms in total. The quantitative estimate of drug-likeness (QED) is 0.783. The van der Waals surface area contributed by atoms with Crippen LogP contribution in [0.5, 0.6) is 0 Å². The molecule has 0 radical (unpaired) electrons. The second-order valence-corrected chi connectivity index (χ2v) is 7.22. The van der Waals surface area contributed by atoms with Crippen LogP contribution in [-0.4, -0.2) is 29.0 Å². The lowest BCUT2D eigenvalue weighted by Crippen LogP contribution is -2.40. The number of thiophene rings is 1. The van der Waals surface area contributed by atoms with E-state index in [4.69, 9.17) is 0 Å². The maximum atomic E-state index is 12.4. The first kappa shape index (κ1) is 16.0. The number of fused-ring (bicyclic) bond motifs is 1. The lowest BCUT2D eigenvalue weighted by molar-refractivity contribution is -0.125. The molecule has 128 valence electrons. The van der Waals surface area contributed by atoms with Crippen molar-refractivity contribution in [2.24, 2.45) is 5.92 Å². The Morgan fingerprint density at radius 3 is 2.92 bits per heavy atom. The van der Waals surface area contributed by atoms with E-state index in [-0.39, 0.29) is 11.8 Å². The van der Waals surface area contributed by atoms with Crippen molar-refractivity contribution in [1.29, 1.82) is 0 Å². The van der Waals surface area contributed by atoms with E-state index in [1.54, 1.807) is 23.7 Å². The molecule has 3 aromatic heterocycles. The van der Waals surface area contributed by atoms with Crippen LogP contribution >= 0.6 is 11.3 Å². The monoisotopic (exact) mass is 352 g/mol. The minimum atomic E-state index is 0.0913. The van der Waals surface area contributed by atoms with Crippen molar-refractivity contribution in [1.82, 2.24) is 15.3 Å². The highest BCUT2D eigenvalue weighted by atomic mass is 32.1. The topological polar surface area (TPSA) is 58.1 Å². The summed E-state index contributed by atoms with van der Waals surface area (Å²) < 4.78 is 1.24. The van der Waals surface area contributed by atoms with E-state index in [1.807, 2.05) is 18.3 Å². The van der Waals surface area contributed by atoms with E-state index in [0.717, 1.165) is 37.0 Å². The molecule has 1 aliphatic heterocycles. The molecule has 0 atom stereocenters. The van der Waals surface area contributed by atoms with Gasteiger partial charge in [0.15, 0.2) is 0 Å². The Kier molecular flexibility index (Phi) is 4.61. The third-order valence-corrected chi connectivity index (χ3v) is 5.65. The van der Waals surface area contributed by atoms with Gasteiger partial charge in [-0.25, -0.2) is 0 Å². The summed E-state index contributed by atoms with van der Waals surface area (Å²) in [5.74, 6) is 0.244. The van der Waals surface area contributed by atoms with Crippen LogP contribution in [0.1, 0.15) is 18.4 Å². The van der Waals surface area contributed by atoms with Crippen molar-refractivity contribution in [3.8, 4) is 0 Å². The summed E-state index contributed by atoms with van der Waals surface area (Å²) in [6.45, 7) is 2.36. The summed E-state index contributed by atoms with van der Waals surface area (Å²) in [7, 11) is 0. The molecule has 1 saturated heterocycles. The van der Waals surface area contributed by atoms with Gasteiger partial charge in [-0.1, -0.05) is 6.07 Å². The van der Waals surface area contributed by atoms with Crippen molar-refractivity contribution in [3.05, 3.63) is 53.8 Å². The van der Waals surface area contributed by atoms with Crippen LogP contribution in [0.15, 0.2) is 48.2 Å². The Hall–Kier alpha value is -2.47. The van der Waals surface area contributed by atoms with Crippen molar-refractivity contribution < 1.29 is 4.79 Å². The molecule has 0 bridgehead atoms. The molecule has 0 aliphatic carbocycles. The predicted octanol–water partition coefficient (Wildman–Crippen LogP) is 3.22. The number of nitrogens with one attached hydrogen (secondary N) is 1. The number of nitrogens with zero attached hydrogens (tertiary/aromatic N) is 3.